The zero-order valence-electron chi connectivity index (χ0n) is 19.2. The first kappa shape index (κ1) is 22.8. The molecule has 4 rings (SSSR count). The lowest BCUT2D eigenvalue weighted by atomic mass is 9.99. The lowest BCUT2D eigenvalue weighted by Crippen LogP contribution is -2.48. The summed E-state index contributed by atoms with van der Waals surface area (Å²) in [5.41, 5.74) is 3.08. The second-order valence-corrected chi connectivity index (χ2v) is 8.41. The van der Waals surface area contributed by atoms with E-state index >= 15 is 0 Å². The second-order valence-electron chi connectivity index (χ2n) is 8.41. The molecule has 2 heterocycles. The Morgan fingerprint density at radius 1 is 1.00 bits per heavy atom. The molecule has 0 radical (unpaired) electrons. The fourth-order valence-corrected chi connectivity index (χ4v) is 4.52. The highest BCUT2D eigenvalue weighted by molar-refractivity contribution is 5.96. The molecule has 3 aromatic rings. The largest absolute Gasteiger partial charge is 0.348 e. The lowest BCUT2D eigenvalue weighted by molar-refractivity contribution is -0.134. The monoisotopic (exact) mass is 447 g/mol. The molecule has 0 aliphatic carbocycles. The standard InChI is InChI=1S/C27H30FN3O2/c1-3-15-30(27(33)21-13-11-20(4-2)12-14-21)19-25(32)31-18-17-29-16-7-10-24(29)26(31)22-8-5-6-9-23(22)28/h5-14,16,26H,3-4,15,17-19H2,1-2H3. The quantitative estimate of drug-likeness (QED) is 0.528. The predicted octanol–water partition coefficient (Wildman–Crippen LogP) is 4.67. The Kier molecular flexibility index (Phi) is 6.92. The van der Waals surface area contributed by atoms with Crippen LogP contribution < -0.4 is 0 Å². The van der Waals surface area contributed by atoms with E-state index in [0.29, 0.717) is 30.8 Å². The highest BCUT2D eigenvalue weighted by Gasteiger charge is 2.34. The average molecular weight is 448 g/mol. The Balaban J connectivity index is 1.60. The van der Waals surface area contributed by atoms with Gasteiger partial charge in [-0.2, -0.15) is 0 Å². The van der Waals surface area contributed by atoms with E-state index in [-0.39, 0.29) is 24.2 Å². The lowest BCUT2D eigenvalue weighted by Gasteiger charge is -2.38. The van der Waals surface area contributed by atoms with Gasteiger partial charge in [0.05, 0.1) is 0 Å². The SMILES string of the molecule is CCCN(CC(=O)N1CCn2cccc2C1c1ccccc1F)C(=O)c1ccc(CC)cc1. The van der Waals surface area contributed by atoms with Crippen molar-refractivity contribution in [2.45, 2.75) is 39.3 Å². The van der Waals surface area contributed by atoms with Gasteiger partial charge in [-0.05, 0) is 48.7 Å². The molecular weight excluding hydrogens is 417 g/mol. The maximum atomic E-state index is 14.8. The van der Waals surface area contributed by atoms with Gasteiger partial charge in [0.15, 0.2) is 0 Å². The molecule has 1 aromatic heterocycles. The summed E-state index contributed by atoms with van der Waals surface area (Å²) < 4.78 is 16.9. The van der Waals surface area contributed by atoms with Crippen LogP contribution >= 0.6 is 0 Å². The van der Waals surface area contributed by atoms with Crippen molar-refractivity contribution in [2.75, 3.05) is 19.6 Å². The van der Waals surface area contributed by atoms with Crippen LogP contribution in [-0.4, -0.2) is 45.8 Å². The van der Waals surface area contributed by atoms with Crippen molar-refractivity contribution in [1.82, 2.24) is 14.4 Å². The van der Waals surface area contributed by atoms with Crippen molar-refractivity contribution in [1.29, 1.82) is 0 Å². The molecular formula is C27H30FN3O2. The van der Waals surface area contributed by atoms with Crippen molar-refractivity contribution in [3.8, 4) is 0 Å². The number of hydrogen-bond acceptors (Lipinski definition) is 2. The number of fused-ring (bicyclic) bond motifs is 1. The minimum atomic E-state index is -0.523. The Hall–Kier alpha value is -3.41. The summed E-state index contributed by atoms with van der Waals surface area (Å²) in [5.74, 6) is -0.675. The van der Waals surface area contributed by atoms with E-state index < -0.39 is 6.04 Å². The molecule has 1 aliphatic rings. The Labute approximate surface area is 194 Å². The number of hydrogen-bond donors (Lipinski definition) is 0. The fourth-order valence-electron chi connectivity index (χ4n) is 4.52. The molecule has 1 aliphatic heterocycles. The van der Waals surface area contributed by atoms with Gasteiger partial charge >= 0.3 is 0 Å². The van der Waals surface area contributed by atoms with Gasteiger partial charge in [0, 0.05) is 42.7 Å². The molecule has 0 fully saturated rings. The molecule has 0 bridgehead atoms. The molecule has 0 N–H and O–H groups in total. The summed E-state index contributed by atoms with van der Waals surface area (Å²) in [4.78, 5) is 30.1. The van der Waals surface area contributed by atoms with Gasteiger partial charge < -0.3 is 14.4 Å². The van der Waals surface area contributed by atoms with Crippen LogP contribution in [0.2, 0.25) is 0 Å². The van der Waals surface area contributed by atoms with Crippen LogP contribution in [0.15, 0.2) is 66.9 Å². The smallest absolute Gasteiger partial charge is 0.254 e. The third-order valence-corrected chi connectivity index (χ3v) is 6.27. The van der Waals surface area contributed by atoms with E-state index in [1.807, 2.05) is 49.5 Å². The summed E-state index contributed by atoms with van der Waals surface area (Å²) in [6, 6.07) is 17.5. The number of aryl methyl sites for hydroxylation is 1. The number of nitrogens with zero attached hydrogens (tertiary/aromatic N) is 3. The molecule has 2 amide bonds. The van der Waals surface area contributed by atoms with Crippen LogP contribution in [0.5, 0.6) is 0 Å². The van der Waals surface area contributed by atoms with Crippen LogP contribution in [0.4, 0.5) is 4.39 Å². The predicted molar refractivity (Wildman–Crippen MR) is 126 cm³/mol. The Morgan fingerprint density at radius 3 is 2.45 bits per heavy atom. The molecule has 6 heteroatoms. The number of halogens is 1. The van der Waals surface area contributed by atoms with Crippen LogP contribution in [0, 0.1) is 5.82 Å². The molecule has 0 saturated heterocycles. The average Bonchev–Trinajstić information content (AvgIpc) is 3.32. The molecule has 0 spiro atoms. The van der Waals surface area contributed by atoms with Crippen molar-refractivity contribution in [3.63, 3.8) is 0 Å². The zero-order chi connectivity index (χ0) is 23.4. The van der Waals surface area contributed by atoms with Gasteiger partial charge in [0.1, 0.15) is 18.4 Å². The molecule has 1 unspecified atom stereocenters. The normalized spacial score (nSPS) is 15.2. The minimum Gasteiger partial charge on any atom is -0.348 e. The molecule has 0 saturated carbocycles. The van der Waals surface area contributed by atoms with E-state index in [2.05, 4.69) is 11.5 Å². The highest BCUT2D eigenvalue weighted by Crippen LogP contribution is 2.34. The van der Waals surface area contributed by atoms with Crippen LogP contribution in [-0.2, 0) is 17.8 Å². The minimum absolute atomic E-state index is 0.0339. The molecule has 33 heavy (non-hydrogen) atoms. The van der Waals surface area contributed by atoms with Crippen molar-refractivity contribution in [3.05, 3.63) is 95.1 Å². The highest BCUT2D eigenvalue weighted by atomic mass is 19.1. The number of aromatic nitrogens is 1. The van der Waals surface area contributed by atoms with Crippen molar-refractivity contribution >= 4 is 11.8 Å². The summed E-state index contributed by atoms with van der Waals surface area (Å²) in [7, 11) is 0. The summed E-state index contributed by atoms with van der Waals surface area (Å²) in [6.07, 6.45) is 3.60. The molecule has 1 atom stereocenters. The van der Waals surface area contributed by atoms with Crippen molar-refractivity contribution in [2.24, 2.45) is 0 Å². The number of carbonyl (C=O) groups excluding carboxylic acids is 2. The Bertz CT molecular complexity index is 1120. The number of carbonyl (C=O) groups is 2. The van der Waals surface area contributed by atoms with Crippen LogP contribution in [0.25, 0.3) is 0 Å². The molecule has 2 aromatic carbocycles. The van der Waals surface area contributed by atoms with Gasteiger partial charge in [-0.1, -0.05) is 44.2 Å². The van der Waals surface area contributed by atoms with Gasteiger partial charge in [-0.15, -0.1) is 0 Å². The molecule has 172 valence electrons. The van der Waals surface area contributed by atoms with Gasteiger partial charge in [0.25, 0.3) is 5.91 Å². The fraction of sp³-hybridized carbons (Fsp3) is 0.333. The number of amides is 2. The van der Waals surface area contributed by atoms with Gasteiger partial charge in [-0.3, -0.25) is 9.59 Å². The Morgan fingerprint density at radius 2 is 1.76 bits per heavy atom. The van der Waals surface area contributed by atoms with E-state index in [1.54, 1.807) is 28.0 Å². The third-order valence-electron chi connectivity index (χ3n) is 6.27. The first-order valence-electron chi connectivity index (χ1n) is 11.6. The van der Waals surface area contributed by atoms with Crippen molar-refractivity contribution < 1.29 is 14.0 Å². The maximum Gasteiger partial charge on any atom is 0.254 e. The van der Waals surface area contributed by atoms with E-state index in [0.717, 1.165) is 24.1 Å². The zero-order valence-corrected chi connectivity index (χ0v) is 19.2. The molecule has 5 nitrogen and oxygen atoms in total. The van der Waals surface area contributed by atoms with E-state index in [1.165, 1.54) is 6.07 Å². The van der Waals surface area contributed by atoms with E-state index in [4.69, 9.17) is 0 Å². The van der Waals surface area contributed by atoms with Crippen LogP contribution in [0.1, 0.15) is 53.5 Å². The summed E-state index contributed by atoms with van der Waals surface area (Å²) in [5, 5.41) is 0. The second kappa shape index (κ2) is 10.0. The number of rotatable bonds is 7. The van der Waals surface area contributed by atoms with Gasteiger partial charge in [-0.25, -0.2) is 4.39 Å². The van der Waals surface area contributed by atoms with Crippen LogP contribution in [0.3, 0.4) is 0 Å². The first-order valence-corrected chi connectivity index (χ1v) is 11.6. The summed E-state index contributed by atoms with van der Waals surface area (Å²) in [6.45, 7) is 5.60. The number of benzene rings is 2. The maximum absolute atomic E-state index is 14.8. The van der Waals surface area contributed by atoms with E-state index in [9.17, 15) is 14.0 Å². The van der Waals surface area contributed by atoms with Gasteiger partial charge in [0.2, 0.25) is 5.91 Å². The topological polar surface area (TPSA) is 45.6 Å². The third kappa shape index (κ3) is 4.70. The summed E-state index contributed by atoms with van der Waals surface area (Å²) >= 11 is 0. The first-order chi connectivity index (χ1) is 16.0.